The Morgan fingerprint density at radius 3 is 2.02 bits per heavy atom. The number of rotatable bonds is 4. The number of hydrogen-bond donors (Lipinski definition) is 0. The van der Waals surface area contributed by atoms with Gasteiger partial charge in [0.15, 0.2) is 5.82 Å². The highest BCUT2D eigenvalue weighted by Crippen LogP contribution is 2.40. The van der Waals surface area contributed by atoms with E-state index in [0.29, 0.717) is 0 Å². The molecule has 0 aliphatic carbocycles. The third-order valence-corrected chi connectivity index (χ3v) is 9.69. The molecule has 0 saturated carbocycles. The lowest BCUT2D eigenvalue weighted by Gasteiger charge is -2.12. The smallest absolute Gasteiger partial charge is 0.160 e. The monoisotopic (exact) mass is 591 g/mol. The zero-order valence-electron chi connectivity index (χ0n) is 24.2. The molecule has 6 aromatic carbocycles. The van der Waals surface area contributed by atoms with Crippen molar-refractivity contribution in [1.29, 1.82) is 0 Å². The molecule has 0 aliphatic rings. The predicted octanol–water partition coefficient (Wildman–Crippen LogP) is 11.2. The molecule has 4 heteroatoms. The van der Waals surface area contributed by atoms with E-state index in [-0.39, 0.29) is 0 Å². The molecule has 0 bridgehead atoms. The van der Waals surface area contributed by atoms with Gasteiger partial charge in [-0.1, -0.05) is 121 Å². The fourth-order valence-corrected chi connectivity index (χ4v) is 7.50. The van der Waals surface area contributed by atoms with Crippen LogP contribution in [0.1, 0.15) is 0 Å². The van der Waals surface area contributed by atoms with Gasteiger partial charge in [0, 0.05) is 38.2 Å². The molecule has 0 unspecified atom stereocenters. The van der Waals surface area contributed by atoms with Crippen LogP contribution in [-0.4, -0.2) is 15.0 Å². The van der Waals surface area contributed by atoms with E-state index in [1.54, 1.807) is 11.3 Å². The van der Waals surface area contributed by atoms with Crippen LogP contribution in [0.3, 0.4) is 0 Å². The van der Waals surface area contributed by atoms with Crippen LogP contribution in [-0.2, 0) is 0 Å². The van der Waals surface area contributed by atoms with Crippen molar-refractivity contribution in [2.24, 2.45) is 0 Å². The van der Waals surface area contributed by atoms with E-state index in [2.05, 4.69) is 138 Å². The summed E-state index contributed by atoms with van der Waals surface area (Å²) < 4.78 is 2.35. The molecule has 0 fully saturated rings. The Morgan fingerprint density at radius 2 is 1.16 bits per heavy atom. The summed E-state index contributed by atoms with van der Waals surface area (Å²) in [6.45, 7) is 0. The molecule has 0 spiro atoms. The summed E-state index contributed by atoms with van der Waals surface area (Å²) in [5, 5.41) is 4.69. The molecule has 0 atom stereocenters. The quantitative estimate of drug-likeness (QED) is 0.191. The largest absolute Gasteiger partial charge is 0.256 e. The Balaban J connectivity index is 1.14. The highest BCUT2D eigenvalue weighted by atomic mass is 32.1. The Bertz CT molecular complexity index is 2530. The van der Waals surface area contributed by atoms with Crippen LogP contribution in [0.5, 0.6) is 0 Å². The lowest BCUT2D eigenvalue weighted by atomic mass is 9.93. The second kappa shape index (κ2) is 10.5. The van der Waals surface area contributed by atoms with Gasteiger partial charge in [-0.15, -0.1) is 11.3 Å². The molecule has 3 heterocycles. The molecule has 9 aromatic rings. The predicted molar refractivity (Wildman–Crippen MR) is 189 cm³/mol. The second-order valence-electron chi connectivity index (χ2n) is 11.2. The SMILES string of the molecule is c1ccc(-c2nc(-c3ccc(-c4cccc(-c5cc6cccnc6c6ccccc56)c4)cc3)nc3c2sc2ccccc23)cc1. The molecular weight excluding hydrogens is 567 g/mol. The van der Waals surface area contributed by atoms with E-state index >= 15 is 0 Å². The molecule has 0 aliphatic heterocycles. The van der Waals surface area contributed by atoms with Crippen molar-refractivity contribution in [3.63, 3.8) is 0 Å². The zero-order chi connectivity index (χ0) is 29.7. The summed E-state index contributed by atoms with van der Waals surface area (Å²) in [6.07, 6.45) is 1.87. The molecule has 0 radical (unpaired) electrons. The van der Waals surface area contributed by atoms with Gasteiger partial charge in [-0.2, -0.15) is 0 Å². The summed E-state index contributed by atoms with van der Waals surface area (Å²) in [6, 6.07) is 51.3. The Kier molecular flexibility index (Phi) is 6.00. The summed E-state index contributed by atoms with van der Waals surface area (Å²) in [5.74, 6) is 0.737. The van der Waals surface area contributed by atoms with Gasteiger partial charge in [-0.05, 0) is 51.9 Å². The summed E-state index contributed by atoms with van der Waals surface area (Å²) >= 11 is 1.76. The van der Waals surface area contributed by atoms with Gasteiger partial charge < -0.3 is 0 Å². The van der Waals surface area contributed by atoms with Crippen LogP contribution in [0.2, 0.25) is 0 Å². The van der Waals surface area contributed by atoms with Crippen LogP contribution in [0, 0.1) is 0 Å². The summed E-state index contributed by atoms with van der Waals surface area (Å²) in [5.41, 5.74) is 9.83. The number of thiophene rings is 1. The second-order valence-corrected chi connectivity index (χ2v) is 12.3. The van der Waals surface area contributed by atoms with E-state index in [1.807, 2.05) is 18.3 Å². The first-order chi connectivity index (χ1) is 22.3. The number of hydrogen-bond acceptors (Lipinski definition) is 4. The van der Waals surface area contributed by atoms with Crippen molar-refractivity contribution in [3.05, 3.63) is 152 Å². The van der Waals surface area contributed by atoms with Crippen LogP contribution < -0.4 is 0 Å². The van der Waals surface area contributed by atoms with Crippen molar-refractivity contribution in [2.45, 2.75) is 0 Å². The van der Waals surface area contributed by atoms with Gasteiger partial charge in [0.2, 0.25) is 0 Å². The van der Waals surface area contributed by atoms with E-state index in [9.17, 15) is 0 Å². The molecule has 0 N–H and O–H groups in total. The molecule has 210 valence electrons. The minimum Gasteiger partial charge on any atom is -0.256 e. The van der Waals surface area contributed by atoms with E-state index in [0.717, 1.165) is 49.3 Å². The topological polar surface area (TPSA) is 38.7 Å². The van der Waals surface area contributed by atoms with E-state index in [4.69, 9.17) is 9.97 Å². The van der Waals surface area contributed by atoms with Crippen molar-refractivity contribution >= 4 is 53.3 Å². The lowest BCUT2D eigenvalue weighted by molar-refractivity contribution is 1.24. The number of pyridine rings is 1. The fraction of sp³-hybridized carbons (Fsp3) is 0. The molecule has 9 rings (SSSR count). The normalized spacial score (nSPS) is 11.6. The lowest BCUT2D eigenvalue weighted by Crippen LogP contribution is -1.93. The minimum atomic E-state index is 0.737. The third-order valence-electron chi connectivity index (χ3n) is 8.53. The molecule has 0 saturated heterocycles. The van der Waals surface area contributed by atoms with Crippen LogP contribution in [0.4, 0.5) is 0 Å². The number of benzene rings is 6. The average molecular weight is 592 g/mol. The fourth-order valence-electron chi connectivity index (χ4n) is 6.35. The molecule has 0 amide bonds. The first-order valence-corrected chi connectivity index (χ1v) is 15.8. The van der Waals surface area contributed by atoms with E-state index in [1.165, 1.54) is 37.5 Å². The standard InChI is InChI=1S/C41H25N3S/c1-2-10-27(11-3-1)38-40-39(34-17-6-7-18-36(34)45-40)44-41(43-38)28-21-19-26(20-22-28)29-12-8-13-30(24-29)35-25-31-14-9-23-42-37(31)33-16-5-4-15-32(33)35/h1-25H. The first kappa shape index (κ1) is 25.8. The zero-order valence-corrected chi connectivity index (χ0v) is 25.0. The van der Waals surface area contributed by atoms with Crippen molar-refractivity contribution < 1.29 is 0 Å². The maximum Gasteiger partial charge on any atom is 0.160 e. The first-order valence-electron chi connectivity index (χ1n) is 15.0. The van der Waals surface area contributed by atoms with Gasteiger partial charge in [0.25, 0.3) is 0 Å². The Morgan fingerprint density at radius 1 is 0.444 bits per heavy atom. The van der Waals surface area contributed by atoms with Crippen molar-refractivity contribution in [2.75, 3.05) is 0 Å². The highest BCUT2D eigenvalue weighted by Gasteiger charge is 2.16. The van der Waals surface area contributed by atoms with Crippen LogP contribution in [0.15, 0.2) is 152 Å². The molecule has 3 aromatic heterocycles. The third kappa shape index (κ3) is 4.38. The number of fused-ring (bicyclic) bond motifs is 6. The maximum atomic E-state index is 5.14. The van der Waals surface area contributed by atoms with Crippen molar-refractivity contribution in [3.8, 4) is 44.9 Å². The summed E-state index contributed by atoms with van der Waals surface area (Å²) in [7, 11) is 0. The van der Waals surface area contributed by atoms with Gasteiger partial charge >= 0.3 is 0 Å². The highest BCUT2D eigenvalue weighted by molar-refractivity contribution is 7.26. The number of nitrogens with zero attached hydrogens (tertiary/aromatic N) is 3. The summed E-state index contributed by atoms with van der Waals surface area (Å²) in [4.78, 5) is 14.9. The van der Waals surface area contributed by atoms with Crippen molar-refractivity contribution in [1.82, 2.24) is 15.0 Å². The minimum absolute atomic E-state index is 0.737. The Labute approximate surface area is 264 Å². The average Bonchev–Trinajstić information content (AvgIpc) is 3.50. The Hall–Kier alpha value is -5.71. The molecular formula is C41H25N3S. The maximum absolute atomic E-state index is 5.14. The van der Waals surface area contributed by atoms with Gasteiger partial charge in [0.05, 0.1) is 21.4 Å². The van der Waals surface area contributed by atoms with Gasteiger partial charge in [-0.3, -0.25) is 4.98 Å². The van der Waals surface area contributed by atoms with E-state index < -0.39 is 0 Å². The van der Waals surface area contributed by atoms with Crippen LogP contribution in [0.25, 0.3) is 86.9 Å². The van der Waals surface area contributed by atoms with Gasteiger partial charge in [-0.25, -0.2) is 9.97 Å². The van der Waals surface area contributed by atoms with Gasteiger partial charge in [0.1, 0.15) is 0 Å². The van der Waals surface area contributed by atoms with Crippen LogP contribution >= 0.6 is 11.3 Å². The molecule has 45 heavy (non-hydrogen) atoms. The number of aromatic nitrogens is 3. The molecule has 3 nitrogen and oxygen atoms in total.